The quantitative estimate of drug-likeness (QED) is 0.879. The van der Waals surface area contributed by atoms with Gasteiger partial charge in [0.15, 0.2) is 0 Å². The van der Waals surface area contributed by atoms with Gasteiger partial charge in [0.05, 0.1) is 13.2 Å². The lowest BCUT2D eigenvalue weighted by atomic mass is 10.2. The fourth-order valence-electron chi connectivity index (χ4n) is 2.37. The molecule has 1 atom stereocenters. The van der Waals surface area contributed by atoms with E-state index in [1.807, 2.05) is 31.2 Å². The van der Waals surface area contributed by atoms with Crippen LogP contribution in [0.5, 0.6) is 5.75 Å². The fraction of sp³-hybridized carbons (Fsp3) is 0.533. The molecule has 0 unspecified atom stereocenters. The molecule has 1 saturated heterocycles. The number of likely N-dealkylation sites (tertiary alicyclic amines) is 1. The number of benzene rings is 1. The van der Waals surface area contributed by atoms with Crippen LogP contribution in [0.3, 0.4) is 0 Å². The molecule has 1 N–H and O–H groups in total. The zero-order valence-electron chi connectivity index (χ0n) is 11.7. The molecule has 1 aromatic carbocycles. The second-order valence-electron chi connectivity index (χ2n) is 4.98. The summed E-state index contributed by atoms with van der Waals surface area (Å²) >= 11 is 0. The van der Waals surface area contributed by atoms with Gasteiger partial charge in [0, 0.05) is 6.54 Å². The summed E-state index contributed by atoms with van der Waals surface area (Å²) in [6.07, 6.45) is 2.41. The molecule has 0 spiro atoms. The molecule has 0 bridgehead atoms. The molecule has 4 nitrogen and oxygen atoms in total. The van der Waals surface area contributed by atoms with Gasteiger partial charge < -0.3 is 10.1 Å². The summed E-state index contributed by atoms with van der Waals surface area (Å²) in [6.45, 7) is 4.63. The van der Waals surface area contributed by atoms with Gasteiger partial charge in [-0.1, -0.05) is 12.1 Å². The van der Waals surface area contributed by atoms with Crippen LogP contribution in [-0.2, 0) is 11.3 Å². The minimum Gasteiger partial charge on any atom is -0.497 e. The third kappa shape index (κ3) is 3.70. The highest BCUT2D eigenvalue weighted by molar-refractivity contribution is 5.81. The average molecular weight is 262 g/mol. The van der Waals surface area contributed by atoms with Crippen molar-refractivity contribution in [3.8, 4) is 5.75 Å². The summed E-state index contributed by atoms with van der Waals surface area (Å²) in [5.74, 6) is 0.943. The molecule has 1 heterocycles. The molecule has 0 saturated carbocycles. The second kappa shape index (κ2) is 6.57. The summed E-state index contributed by atoms with van der Waals surface area (Å²) in [4.78, 5) is 14.3. The molecule has 2 rings (SSSR count). The van der Waals surface area contributed by atoms with E-state index >= 15 is 0 Å². The first kappa shape index (κ1) is 13.9. The van der Waals surface area contributed by atoms with Gasteiger partial charge in [-0.05, 0) is 50.6 Å². The SMILES string of the molecule is COc1ccc(CNC(=O)[C@@H](C)N2CCCC2)cc1. The van der Waals surface area contributed by atoms with E-state index in [1.165, 1.54) is 12.8 Å². The normalized spacial score (nSPS) is 17.2. The molecular formula is C15H22N2O2. The first-order valence-electron chi connectivity index (χ1n) is 6.85. The molecular weight excluding hydrogens is 240 g/mol. The predicted octanol–water partition coefficient (Wildman–Crippen LogP) is 1.80. The van der Waals surface area contributed by atoms with E-state index < -0.39 is 0 Å². The van der Waals surface area contributed by atoms with Gasteiger partial charge in [-0.3, -0.25) is 9.69 Å². The Bertz CT molecular complexity index is 411. The maximum Gasteiger partial charge on any atom is 0.237 e. The average Bonchev–Trinajstić information content (AvgIpc) is 2.98. The molecule has 0 aromatic heterocycles. The van der Waals surface area contributed by atoms with Crippen molar-refractivity contribution >= 4 is 5.91 Å². The number of methoxy groups -OCH3 is 1. The summed E-state index contributed by atoms with van der Waals surface area (Å²) in [7, 11) is 1.65. The Hall–Kier alpha value is -1.55. The highest BCUT2D eigenvalue weighted by Gasteiger charge is 2.23. The summed E-state index contributed by atoms with van der Waals surface area (Å²) in [5.41, 5.74) is 1.09. The van der Waals surface area contributed by atoms with Crippen molar-refractivity contribution in [1.82, 2.24) is 10.2 Å². The van der Waals surface area contributed by atoms with Crippen LogP contribution in [0.25, 0.3) is 0 Å². The van der Waals surface area contributed by atoms with Crippen molar-refractivity contribution in [1.29, 1.82) is 0 Å². The highest BCUT2D eigenvalue weighted by Crippen LogP contribution is 2.13. The largest absolute Gasteiger partial charge is 0.497 e. The molecule has 1 aromatic rings. The minimum absolute atomic E-state index is 0.0271. The van der Waals surface area contributed by atoms with E-state index in [2.05, 4.69) is 10.2 Å². The van der Waals surface area contributed by atoms with E-state index in [4.69, 9.17) is 4.74 Å². The van der Waals surface area contributed by atoms with Crippen LogP contribution in [-0.4, -0.2) is 37.0 Å². The van der Waals surface area contributed by atoms with E-state index in [0.717, 1.165) is 24.4 Å². The monoisotopic (exact) mass is 262 g/mol. The van der Waals surface area contributed by atoms with Crippen LogP contribution in [0.2, 0.25) is 0 Å². The predicted molar refractivity (Wildman–Crippen MR) is 75.1 cm³/mol. The maximum atomic E-state index is 12.0. The molecule has 104 valence electrons. The Morgan fingerprint density at radius 2 is 1.95 bits per heavy atom. The van der Waals surface area contributed by atoms with Crippen LogP contribution in [0.15, 0.2) is 24.3 Å². The fourth-order valence-corrected chi connectivity index (χ4v) is 2.37. The zero-order valence-corrected chi connectivity index (χ0v) is 11.7. The Morgan fingerprint density at radius 1 is 1.32 bits per heavy atom. The van der Waals surface area contributed by atoms with Crippen LogP contribution in [0.4, 0.5) is 0 Å². The number of rotatable bonds is 5. The van der Waals surface area contributed by atoms with Crippen molar-refractivity contribution in [2.24, 2.45) is 0 Å². The minimum atomic E-state index is -0.0271. The lowest BCUT2D eigenvalue weighted by Crippen LogP contribution is -2.43. The lowest BCUT2D eigenvalue weighted by molar-refractivity contribution is -0.125. The van der Waals surface area contributed by atoms with E-state index in [1.54, 1.807) is 7.11 Å². The molecule has 1 aliphatic heterocycles. The molecule has 1 fully saturated rings. The Kier molecular flexibility index (Phi) is 4.80. The van der Waals surface area contributed by atoms with Gasteiger partial charge in [-0.25, -0.2) is 0 Å². The Labute approximate surface area is 114 Å². The number of hydrogen-bond acceptors (Lipinski definition) is 3. The lowest BCUT2D eigenvalue weighted by Gasteiger charge is -2.22. The number of ether oxygens (including phenoxy) is 1. The van der Waals surface area contributed by atoms with Gasteiger partial charge in [-0.2, -0.15) is 0 Å². The van der Waals surface area contributed by atoms with Crippen molar-refractivity contribution < 1.29 is 9.53 Å². The van der Waals surface area contributed by atoms with Crippen molar-refractivity contribution in [2.75, 3.05) is 20.2 Å². The third-order valence-electron chi connectivity index (χ3n) is 3.69. The van der Waals surface area contributed by atoms with E-state index in [0.29, 0.717) is 6.54 Å². The number of hydrogen-bond donors (Lipinski definition) is 1. The smallest absolute Gasteiger partial charge is 0.237 e. The van der Waals surface area contributed by atoms with Crippen LogP contribution >= 0.6 is 0 Å². The number of nitrogens with one attached hydrogen (secondary N) is 1. The van der Waals surface area contributed by atoms with Gasteiger partial charge in [0.25, 0.3) is 0 Å². The molecule has 1 aliphatic rings. The van der Waals surface area contributed by atoms with Gasteiger partial charge in [0.1, 0.15) is 5.75 Å². The Morgan fingerprint density at radius 3 is 2.53 bits per heavy atom. The first-order chi connectivity index (χ1) is 9.20. The van der Waals surface area contributed by atoms with Gasteiger partial charge in [0.2, 0.25) is 5.91 Å². The summed E-state index contributed by atoms with van der Waals surface area (Å²) in [6, 6.07) is 7.73. The van der Waals surface area contributed by atoms with Crippen molar-refractivity contribution in [3.63, 3.8) is 0 Å². The molecule has 4 heteroatoms. The summed E-state index contributed by atoms with van der Waals surface area (Å²) < 4.78 is 5.11. The summed E-state index contributed by atoms with van der Waals surface area (Å²) in [5, 5.41) is 2.99. The first-order valence-corrected chi connectivity index (χ1v) is 6.85. The van der Waals surface area contributed by atoms with E-state index in [9.17, 15) is 4.79 Å². The van der Waals surface area contributed by atoms with Gasteiger partial charge in [-0.15, -0.1) is 0 Å². The molecule has 0 aliphatic carbocycles. The number of carbonyl (C=O) groups excluding carboxylic acids is 1. The van der Waals surface area contributed by atoms with Crippen LogP contribution < -0.4 is 10.1 Å². The standard InChI is InChI=1S/C15H22N2O2/c1-12(17-9-3-4-10-17)15(18)16-11-13-5-7-14(19-2)8-6-13/h5-8,12H,3-4,9-11H2,1-2H3,(H,16,18)/t12-/m1/s1. The maximum absolute atomic E-state index is 12.0. The Balaban J connectivity index is 1.81. The highest BCUT2D eigenvalue weighted by atomic mass is 16.5. The number of nitrogens with zero attached hydrogens (tertiary/aromatic N) is 1. The topological polar surface area (TPSA) is 41.6 Å². The second-order valence-corrected chi connectivity index (χ2v) is 4.98. The van der Waals surface area contributed by atoms with Crippen LogP contribution in [0.1, 0.15) is 25.3 Å². The number of carbonyl (C=O) groups is 1. The van der Waals surface area contributed by atoms with Crippen LogP contribution in [0, 0.1) is 0 Å². The molecule has 0 radical (unpaired) electrons. The molecule has 1 amide bonds. The number of amides is 1. The molecule has 19 heavy (non-hydrogen) atoms. The van der Waals surface area contributed by atoms with Crippen molar-refractivity contribution in [3.05, 3.63) is 29.8 Å². The van der Waals surface area contributed by atoms with Gasteiger partial charge >= 0.3 is 0 Å². The van der Waals surface area contributed by atoms with E-state index in [-0.39, 0.29) is 11.9 Å². The third-order valence-corrected chi connectivity index (χ3v) is 3.69. The zero-order chi connectivity index (χ0) is 13.7. The van der Waals surface area contributed by atoms with Crippen molar-refractivity contribution in [2.45, 2.75) is 32.4 Å².